The molecule has 35 heavy (non-hydrogen) atoms. The number of halogens is 2. The predicted octanol–water partition coefficient (Wildman–Crippen LogP) is 4.74. The molecule has 0 fully saturated rings. The standard InChI is InChI=1S/C25H23ClFN3O4S/c1-15-22(25(32)34-12-11-33-2)23(16-3-5-17(26)6-4-16)20(13-28)24(29-15)35-14-21(31)30-19-9-7-18(27)8-10-19/h3-10,23,29H,11-12,14H2,1-2H3,(H,30,31)/t23-/m1/s1. The maximum Gasteiger partial charge on any atom is 0.336 e. The van der Waals surface area contributed by atoms with Crippen molar-refractivity contribution >= 4 is 40.9 Å². The summed E-state index contributed by atoms with van der Waals surface area (Å²) in [5.74, 6) is -2.03. The minimum absolute atomic E-state index is 0.0148. The number of nitriles is 1. The molecule has 0 saturated heterocycles. The van der Waals surface area contributed by atoms with Gasteiger partial charge in [0.15, 0.2) is 0 Å². The van der Waals surface area contributed by atoms with E-state index in [-0.39, 0.29) is 30.4 Å². The molecule has 2 N–H and O–H groups in total. The first kappa shape index (κ1) is 26.3. The van der Waals surface area contributed by atoms with Gasteiger partial charge in [0.1, 0.15) is 12.4 Å². The van der Waals surface area contributed by atoms with E-state index in [0.29, 0.717) is 32.6 Å². The third kappa shape index (κ3) is 6.85. The Bertz CT molecular complexity index is 1190. The molecule has 0 aromatic heterocycles. The van der Waals surface area contributed by atoms with E-state index < -0.39 is 17.7 Å². The Kier molecular flexibility index (Phi) is 9.32. The minimum atomic E-state index is -0.712. The van der Waals surface area contributed by atoms with Crippen LogP contribution in [0.1, 0.15) is 18.4 Å². The molecule has 1 aliphatic rings. The van der Waals surface area contributed by atoms with E-state index in [2.05, 4.69) is 16.7 Å². The molecule has 2 aromatic rings. The number of methoxy groups -OCH3 is 1. The first-order valence-electron chi connectivity index (χ1n) is 10.6. The molecule has 1 amide bonds. The number of hydrogen-bond donors (Lipinski definition) is 2. The molecule has 0 spiro atoms. The van der Waals surface area contributed by atoms with Gasteiger partial charge in [0.05, 0.1) is 40.5 Å². The molecule has 0 radical (unpaired) electrons. The summed E-state index contributed by atoms with van der Waals surface area (Å²) >= 11 is 7.17. The molecular weight excluding hydrogens is 493 g/mol. The van der Waals surface area contributed by atoms with Gasteiger partial charge in [0.2, 0.25) is 5.91 Å². The average molecular weight is 516 g/mol. The van der Waals surface area contributed by atoms with Crippen LogP contribution in [0.4, 0.5) is 10.1 Å². The van der Waals surface area contributed by atoms with Gasteiger partial charge in [0, 0.05) is 23.5 Å². The van der Waals surface area contributed by atoms with Gasteiger partial charge in [-0.2, -0.15) is 5.26 Å². The lowest BCUT2D eigenvalue weighted by molar-refractivity contribution is -0.140. The Morgan fingerprint density at radius 1 is 1.17 bits per heavy atom. The highest BCUT2D eigenvalue weighted by atomic mass is 35.5. The van der Waals surface area contributed by atoms with Crippen LogP contribution in [0.15, 0.2) is 70.4 Å². The van der Waals surface area contributed by atoms with Crippen LogP contribution in [0.5, 0.6) is 0 Å². The zero-order valence-electron chi connectivity index (χ0n) is 19.1. The van der Waals surface area contributed by atoms with Gasteiger partial charge in [-0.1, -0.05) is 35.5 Å². The van der Waals surface area contributed by atoms with E-state index in [1.807, 2.05) is 0 Å². The van der Waals surface area contributed by atoms with Crippen LogP contribution < -0.4 is 10.6 Å². The highest BCUT2D eigenvalue weighted by Crippen LogP contribution is 2.41. The van der Waals surface area contributed by atoms with Crippen LogP contribution in [0, 0.1) is 17.1 Å². The van der Waals surface area contributed by atoms with E-state index in [9.17, 15) is 19.2 Å². The van der Waals surface area contributed by atoms with Crippen molar-refractivity contribution in [3.05, 3.63) is 86.8 Å². The van der Waals surface area contributed by atoms with Gasteiger partial charge in [-0.25, -0.2) is 9.18 Å². The highest BCUT2D eigenvalue weighted by Gasteiger charge is 2.35. The fraction of sp³-hybridized carbons (Fsp3) is 0.240. The van der Waals surface area contributed by atoms with E-state index in [4.69, 9.17) is 21.1 Å². The number of nitrogens with one attached hydrogen (secondary N) is 2. The lowest BCUT2D eigenvalue weighted by Gasteiger charge is -2.29. The molecule has 0 unspecified atom stereocenters. The normalized spacial score (nSPS) is 15.3. The number of amides is 1. The van der Waals surface area contributed by atoms with Gasteiger partial charge in [0.25, 0.3) is 0 Å². The Labute approximate surface area is 211 Å². The van der Waals surface area contributed by atoms with Crippen LogP contribution in [0.2, 0.25) is 5.02 Å². The number of anilines is 1. The van der Waals surface area contributed by atoms with Crippen molar-refractivity contribution in [3.8, 4) is 6.07 Å². The Morgan fingerprint density at radius 2 is 1.86 bits per heavy atom. The number of nitrogens with zero attached hydrogens (tertiary/aromatic N) is 1. The lowest BCUT2D eigenvalue weighted by Crippen LogP contribution is -2.29. The van der Waals surface area contributed by atoms with Crippen LogP contribution in [-0.2, 0) is 19.1 Å². The maximum absolute atomic E-state index is 13.1. The fourth-order valence-electron chi connectivity index (χ4n) is 3.45. The maximum atomic E-state index is 13.1. The summed E-state index contributed by atoms with van der Waals surface area (Å²) < 4.78 is 23.4. The number of ether oxygens (including phenoxy) is 2. The molecule has 3 rings (SSSR count). The fourth-order valence-corrected chi connectivity index (χ4v) is 4.47. The summed E-state index contributed by atoms with van der Waals surface area (Å²) in [7, 11) is 1.50. The summed E-state index contributed by atoms with van der Waals surface area (Å²) in [6, 6.07) is 14.5. The first-order valence-corrected chi connectivity index (χ1v) is 11.9. The predicted molar refractivity (Wildman–Crippen MR) is 133 cm³/mol. The second-order valence-electron chi connectivity index (χ2n) is 7.48. The summed E-state index contributed by atoms with van der Waals surface area (Å²) in [4.78, 5) is 25.4. The van der Waals surface area contributed by atoms with Crippen LogP contribution in [0.25, 0.3) is 0 Å². The van der Waals surface area contributed by atoms with E-state index >= 15 is 0 Å². The molecule has 10 heteroatoms. The van der Waals surface area contributed by atoms with Gasteiger partial charge in [-0.3, -0.25) is 4.79 Å². The van der Waals surface area contributed by atoms with Crippen molar-refractivity contribution in [2.24, 2.45) is 0 Å². The molecule has 1 atom stereocenters. The molecule has 7 nitrogen and oxygen atoms in total. The second-order valence-corrected chi connectivity index (χ2v) is 8.90. The van der Waals surface area contributed by atoms with E-state index in [0.717, 1.165) is 11.8 Å². The third-order valence-corrected chi connectivity index (χ3v) is 6.34. The smallest absolute Gasteiger partial charge is 0.336 e. The number of carbonyl (C=O) groups excluding carboxylic acids is 2. The van der Waals surface area contributed by atoms with Crippen LogP contribution in [-0.4, -0.2) is 38.0 Å². The second kappa shape index (κ2) is 12.4. The number of thioether (sulfide) groups is 1. The third-order valence-electron chi connectivity index (χ3n) is 5.07. The van der Waals surface area contributed by atoms with Crippen LogP contribution in [0.3, 0.4) is 0 Å². The number of benzene rings is 2. The molecule has 182 valence electrons. The highest BCUT2D eigenvalue weighted by molar-refractivity contribution is 8.03. The van der Waals surface area contributed by atoms with Crippen molar-refractivity contribution in [1.29, 1.82) is 5.26 Å². The van der Waals surface area contributed by atoms with Gasteiger partial charge >= 0.3 is 5.97 Å². The van der Waals surface area contributed by atoms with Crippen molar-refractivity contribution in [1.82, 2.24) is 5.32 Å². The SMILES string of the molecule is COCCOC(=O)C1=C(C)NC(SCC(=O)Nc2ccc(F)cc2)=C(C#N)[C@H]1c1ccc(Cl)cc1. The lowest BCUT2D eigenvalue weighted by atomic mass is 9.82. The number of esters is 1. The Hall–Kier alpha value is -3.32. The molecule has 0 aliphatic carbocycles. The topological polar surface area (TPSA) is 100 Å². The molecule has 1 aliphatic heterocycles. The quantitative estimate of drug-likeness (QED) is 0.367. The van der Waals surface area contributed by atoms with Gasteiger partial charge in [-0.05, 0) is 48.9 Å². The van der Waals surface area contributed by atoms with Crippen molar-refractivity contribution in [2.75, 3.05) is 31.4 Å². The minimum Gasteiger partial charge on any atom is -0.460 e. The van der Waals surface area contributed by atoms with Gasteiger partial charge < -0.3 is 20.1 Å². The number of rotatable bonds is 9. The summed E-state index contributed by atoms with van der Waals surface area (Å²) in [5, 5.41) is 16.8. The average Bonchev–Trinajstić information content (AvgIpc) is 2.84. The summed E-state index contributed by atoms with van der Waals surface area (Å²) in [6.45, 7) is 2.02. The molecule has 0 bridgehead atoms. The Balaban J connectivity index is 1.86. The molecule has 2 aromatic carbocycles. The zero-order valence-corrected chi connectivity index (χ0v) is 20.6. The van der Waals surface area contributed by atoms with E-state index in [1.165, 1.54) is 31.4 Å². The largest absolute Gasteiger partial charge is 0.460 e. The molecular formula is C25H23ClFN3O4S. The monoisotopic (exact) mass is 515 g/mol. The summed E-state index contributed by atoms with van der Waals surface area (Å²) in [6.07, 6.45) is 0. The van der Waals surface area contributed by atoms with Crippen molar-refractivity contribution in [3.63, 3.8) is 0 Å². The molecule has 1 heterocycles. The number of dihydropyridines is 1. The van der Waals surface area contributed by atoms with Crippen molar-refractivity contribution < 1.29 is 23.5 Å². The van der Waals surface area contributed by atoms with Gasteiger partial charge in [-0.15, -0.1) is 0 Å². The summed E-state index contributed by atoms with van der Waals surface area (Å²) in [5.41, 5.74) is 2.21. The zero-order chi connectivity index (χ0) is 25.4. The number of allylic oxidation sites excluding steroid dienone is 2. The number of hydrogen-bond acceptors (Lipinski definition) is 7. The number of carbonyl (C=O) groups is 2. The Morgan fingerprint density at radius 3 is 2.49 bits per heavy atom. The van der Waals surface area contributed by atoms with E-state index in [1.54, 1.807) is 31.2 Å². The van der Waals surface area contributed by atoms with Crippen molar-refractivity contribution in [2.45, 2.75) is 12.8 Å². The molecule has 0 saturated carbocycles. The first-order chi connectivity index (χ1) is 16.8. The van der Waals surface area contributed by atoms with Crippen LogP contribution >= 0.6 is 23.4 Å².